The lowest BCUT2D eigenvalue weighted by Gasteiger charge is -2.33. The van der Waals surface area contributed by atoms with Gasteiger partial charge in [0.25, 0.3) is 11.8 Å². The summed E-state index contributed by atoms with van der Waals surface area (Å²) in [5, 5.41) is 34.8. The van der Waals surface area contributed by atoms with Gasteiger partial charge >= 0.3 is 0 Å². The maximum Gasteiger partial charge on any atom is 0.269 e. The number of oxime groups is 2. The number of aliphatic hydroxyl groups is 2. The molecule has 4 N–H and O–H groups in total. The van der Waals surface area contributed by atoms with Gasteiger partial charge in [0, 0.05) is 25.9 Å². The van der Waals surface area contributed by atoms with E-state index < -0.39 is 35.2 Å². The summed E-state index contributed by atoms with van der Waals surface area (Å²) < 4.78 is 12.4. The van der Waals surface area contributed by atoms with Crippen molar-refractivity contribution in [3.05, 3.63) is 41.6 Å². The molecule has 0 fully saturated rings. The normalized spacial score (nSPS) is 29.4. The van der Waals surface area contributed by atoms with Crippen molar-refractivity contribution in [3.8, 4) is 0 Å². The molecule has 2 heterocycles. The number of amides is 2. The first kappa shape index (κ1) is 31.2. The third-order valence-electron chi connectivity index (χ3n) is 6.66. The number of rotatable bonds is 9. The molecule has 0 aromatic carbocycles. The molecule has 40 heavy (non-hydrogen) atoms. The summed E-state index contributed by atoms with van der Waals surface area (Å²) in [5.41, 5.74) is -2.13. The zero-order chi connectivity index (χ0) is 29.2. The summed E-state index contributed by atoms with van der Waals surface area (Å²) >= 11 is 13.4. The second-order valence-corrected chi connectivity index (χ2v) is 12.7. The van der Waals surface area contributed by atoms with E-state index >= 15 is 0 Å². The van der Waals surface area contributed by atoms with Crippen LogP contribution in [0.15, 0.2) is 51.9 Å². The summed E-state index contributed by atoms with van der Waals surface area (Å²) in [7, 11) is 2.96. The molecule has 218 valence electrons. The van der Waals surface area contributed by atoms with Crippen LogP contribution >= 0.6 is 63.7 Å². The maximum absolute atomic E-state index is 12.6. The van der Waals surface area contributed by atoms with Gasteiger partial charge in [-0.2, -0.15) is 0 Å². The quantitative estimate of drug-likeness (QED) is 0.259. The van der Waals surface area contributed by atoms with Crippen molar-refractivity contribution in [2.24, 2.45) is 10.3 Å². The number of nitrogens with zero attached hydrogens (tertiary/aromatic N) is 2. The molecule has 2 unspecified atom stereocenters. The lowest BCUT2D eigenvalue weighted by molar-refractivity contribution is -0.115. The predicted octanol–water partition coefficient (Wildman–Crippen LogP) is 2.84. The minimum Gasteiger partial charge on any atom is -0.495 e. The monoisotopic (exact) mass is 814 g/mol. The highest BCUT2D eigenvalue weighted by Crippen LogP contribution is 2.45. The van der Waals surface area contributed by atoms with Gasteiger partial charge < -0.3 is 40.0 Å². The first-order valence-electron chi connectivity index (χ1n) is 12.1. The second kappa shape index (κ2) is 12.7. The average molecular weight is 818 g/mol. The zero-order valence-corrected chi connectivity index (χ0v) is 27.6. The van der Waals surface area contributed by atoms with E-state index in [1.807, 2.05) is 0 Å². The van der Waals surface area contributed by atoms with Crippen LogP contribution in [0.25, 0.3) is 0 Å². The average Bonchev–Trinajstić information content (AvgIpc) is 3.54. The fourth-order valence-electron chi connectivity index (χ4n) is 4.50. The molecule has 0 radical (unpaired) electrons. The number of nitrogens with one attached hydrogen (secondary N) is 2. The highest BCUT2D eigenvalue weighted by molar-refractivity contribution is 9.12. The number of allylic oxidation sites excluding steroid dienone is 2. The third kappa shape index (κ3) is 5.93. The molecule has 0 saturated carbocycles. The molecule has 0 aromatic heterocycles. The van der Waals surface area contributed by atoms with Crippen LogP contribution in [0.2, 0.25) is 0 Å². The van der Waals surface area contributed by atoms with Crippen LogP contribution in [0.3, 0.4) is 0 Å². The standard InChI is InChI=1S/C24H26Br4N4O8/c1-37-17-11(25)7-23(19(33)15(17)27)9-13(31-39-23)21(35)29-5-3-4-6-30-22(36)14-10-24(40-32-14)8-12(26)18(38-2)16(28)20(24)34/h7-8,19-20,33-34H,3-6,9-10H2,1-2H3,(H,29,35)(H,30,36)/t19?,20?,23-,24-/m1/s1. The van der Waals surface area contributed by atoms with Gasteiger partial charge in [-0.3, -0.25) is 9.59 Å². The number of methoxy groups -OCH3 is 2. The van der Waals surface area contributed by atoms with Crippen LogP contribution in [0.5, 0.6) is 0 Å². The third-order valence-corrected chi connectivity index (χ3v) is 9.43. The van der Waals surface area contributed by atoms with Gasteiger partial charge in [-0.25, -0.2) is 0 Å². The first-order valence-corrected chi connectivity index (χ1v) is 15.2. The Morgan fingerprint density at radius 1 is 0.850 bits per heavy atom. The number of carbonyl (C=O) groups is 2. The Morgan fingerprint density at radius 3 is 1.57 bits per heavy atom. The maximum atomic E-state index is 12.6. The molecule has 2 aliphatic heterocycles. The van der Waals surface area contributed by atoms with Crippen LogP contribution in [0.1, 0.15) is 25.7 Å². The topological polar surface area (TPSA) is 160 Å². The molecule has 2 spiro atoms. The van der Waals surface area contributed by atoms with E-state index in [9.17, 15) is 19.8 Å². The lowest BCUT2D eigenvalue weighted by atomic mass is 9.87. The summed E-state index contributed by atoms with van der Waals surface area (Å²) in [4.78, 5) is 36.2. The number of unbranched alkanes of at least 4 members (excludes halogenated alkanes) is 1. The van der Waals surface area contributed by atoms with E-state index in [0.717, 1.165) is 0 Å². The highest BCUT2D eigenvalue weighted by atomic mass is 79.9. The van der Waals surface area contributed by atoms with Crippen molar-refractivity contribution >= 4 is 87.0 Å². The zero-order valence-electron chi connectivity index (χ0n) is 21.3. The summed E-state index contributed by atoms with van der Waals surface area (Å²) in [5.74, 6) is 0.0579. The molecule has 4 aliphatic rings. The number of hydrogen-bond acceptors (Lipinski definition) is 10. The number of ether oxygens (including phenoxy) is 2. The van der Waals surface area contributed by atoms with E-state index in [0.29, 0.717) is 55.4 Å². The fraction of sp³-hybridized carbons (Fsp3) is 0.500. The molecule has 2 aliphatic carbocycles. The van der Waals surface area contributed by atoms with Crippen molar-refractivity contribution in [3.63, 3.8) is 0 Å². The van der Waals surface area contributed by atoms with Gasteiger partial charge in [0.2, 0.25) is 0 Å². The second-order valence-electron chi connectivity index (χ2n) is 9.29. The molecular formula is C24H26Br4N4O8. The molecule has 12 nitrogen and oxygen atoms in total. The minimum absolute atomic E-state index is 0.0720. The van der Waals surface area contributed by atoms with Gasteiger partial charge in [-0.15, -0.1) is 0 Å². The molecule has 4 atom stereocenters. The fourth-order valence-corrected chi connectivity index (χ4v) is 8.08. The van der Waals surface area contributed by atoms with Crippen LogP contribution in [-0.4, -0.2) is 84.2 Å². The Bertz CT molecular complexity index is 1180. The Labute approximate surface area is 263 Å². The Balaban J connectivity index is 1.17. The van der Waals surface area contributed by atoms with E-state index in [4.69, 9.17) is 19.1 Å². The predicted molar refractivity (Wildman–Crippen MR) is 159 cm³/mol. The van der Waals surface area contributed by atoms with Crippen LogP contribution in [0.4, 0.5) is 0 Å². The number of hydrogen-bond donors (Lipinski definition) is 4. The van der Waals surface area contributed by atoms with Crippen molar-refractivity contribution in [1.29, 1.82) is 0 Å². The number of halogens is 4. The van der Waals surface area contributed by atoms with Crippen molar-refractivity contribution in [2.45, 2.75) is 49.1 Å². The smallest absolute Gasteiger partial charge is 0.269 e. The molecule has 4 rings (SSSR count). The molecule has 0 saturated heterocycles. The first-order chi connectivity index (χ1) is 19.0. The van der Waals surface area contributed by atoms with E-state index in [-0.39, 0.29) is 24.3 Å². The Hall–Kier alpha value is -1.72. The highest BCUT2D eigenvalue weighted by Gasteiger charge is 2.51. The molecule has 2 amide bonds. The number of aliphatic hydroxyl groups excluding tert-OH is 2. The van der Waals surface area contributed by atoms with Gasteiger partial charge in [0.1, 0.15) is 35.1 Å². The Kier molecular flexibility index (Phi) is 9.87. The van der Waals surface area contributed by atoms with Crippen molar-refractivity contribution < 1.29 is 39.0 Å². The van der Waals surface area contributed by atoms with Crippen molar-refractivity contribution in [2.75, 3.05) is 27.3 Å². The number of carbonyl (C=O) groups excluding carboxylic acids is 2. The molecule has 16 heteroatoms. The van der Waals surface area contributed by atoms with Crippen molar-refractivity contribution in [1.82, 2.24) is 10.6 Å². The van der Waals surface area contributed by atoms with Gasteiger partial charge in [0.05, 0.1) is 32.1 Å². The van der Waals surface area contributed by atoms with E-state index in [1.165, 1.54) is 14.2 Å². The summed E-state index contributed by atoms with van der Waals surface area (Å²) in [6, 6.07) is 0. The Morgan fingerprint density at radius 2 is 1.23 bits per heavy atom. The SMILES string of the molecule is COC1=C(Br)C(O)[C@@]2(C=C1Br)CC(C(=O)NCCCCNC(=O)C1=NO[C@]3(C=C(Br)C(OC)=C(Br)C3O)C1)=NO2. The summed E-state index contributed by atoms with van der Waals surface area (Å²) in [6.45, 7) is 0.696. The van der Waals surface area contributed by atoms with Crippen LogP contribution < -0.4 is 10.6 Å². The molecule has 0 bridgehead atoms. The van der Waals surface area contributed by atoms with E-state index in [1.54, 1.807) is 12.2 Å². The van der Waals surface area contributed by atoms with Gasteiger partial charge in [0.15, 0.2) is 11.2 Å². The van der Waals surface area contributed by atoms with Gasteiger partial charge in [-0.05, 0) is 88.7 Å². The summed E-state index contributed by atoms with van der Waals surface area (Å²) in [6.07, 6.45) is 2.37. The van der Waals surface area contributed by atoms with E-state index in [2.05, 4.69) is 84.7 Å². The van der Waals surface area contributed by atoms with Crippen LogP contribution in [0, 0.1) is 0 Å². The molecular weight excluding hydrogens is 792 g/mol. The molecule has 0 aromatic rings. The van der Waals surface area contributed by atoms with Crippen LogP contribution in [-0.2, 0) is 28.7 Å². The van der Waals surface area contributed by atoms with Gasteiger partial charge in [-0.1, -0.05) is 10.3 Å². The largest absolute Gasteiger partial charge is 0.495 e. The minimum atomic E-state index is -1.22. The lowest BCUT2D eigenvalue weighted by Crippen LogP contribution is -2.45.